The minimum atomic E-state index is -0.586. The Kier molecular flexibility index (Phi) is 6.44. The van der Waals surface area contributed by atoms with Gasteiger partial charge in [-0.2, -0.15) is 0 Å². The van der Waals surface area contributed by atoms with Gasteiger partial charge in [-0.15, -0.1) is 11.6 Å². The number of nitro groups is 1. The quantitative estimate of drug-likeness (QED) is 0.462. The summed E-state index contributed by atoms with van der Waals surface area (Å²) in [6.45, 7) is 0.104. The van der Waals surface area contributed by atoms with E-state index in [1.165, 1.54) is 43.5 Å². The van der Waals surface area contributed by atoms with Crippen LogP contribution in [0, 0.1) is 15.9 Å². The van der Waals surface area contributed by atoms with E-state index >= 15 is 0 Å². The lowest BCUT2D eigenvalue weighted by Gasteiger charge is -2.21. The van der Waals surface area contributed by atoms with Crippen LogP contribution in [0.15, 0.2) is 48.5 Å². The van der Waals surface area contributed by atoms with E-state index in [0.29, 0.717) is 5.56 Å². The van der Waals surface area contributed by atoms with E-state index in [9.17, 15) is 19.3 Å². The van der Waals surface area contributed by atoms with E-state index in [0.717, 1.165) is 0 Å². The second-order valence-corrected chi connectivity index (χ2v) is 5.80. The fourth-order valence-electron chi connectivity index (χ4n) is 2.28. The largest absolute Gasteiger partial charge is 0.375 e. The highest BCUT2D eigenvalue weighted by Crippen LogP contribution is 2.24. The number of amides is 1. The van der Waals surface area contributed by atoms with E-state index < -0.39 is 22.3 Å². The second kappa shape index (κ2) is 8.55. The Morgan fingerprint density at radius 1 is 1.24 bits per heavy atom. The number of nitrogens with zero attached hydrogens (tertiary/aromatic N) is 1. The zero-order valence-corrected chi connectivity index (χ0v) is 14.1. The number of alkyl halides is 1. The van der Waals surface area contributed by atoms with Crippen molar-refractivity contribution in [2.75, 3.05) is 13.7 Å². The molecule has 2 atom stereocenters. The number of non-ortho nitro benzene ring substituents is 1. The highest BCUT2D eigenvalue weighted by Gasteiger charge is 2.22. The topological polar surface area (TPSA) is 81.5 Å². The molecule has 1 N–H and O–H groups in total. The molecule has 0 spiro atoms. The fourth-order valence-corrected chi connectivity index (χ4v) is 2.60. The third-order valence-electron chi connectivity index (χ3n) is 3.58. The normalized spacial score (nSPS) is 13.1. The number of nitrogens with one attached hydrogen (secondary N) is 1. The minimum Gasteiger partial charge on any atom is -0.375 e. The molecule has 0 aliphatic carbocycles. The average Bonchev–Trinajstić information content (AvgIpc) is 2.62. The molecule has 0 fully saturated rings. The number of carbonyl (C=O) groups excluding carboxylic acids is 1. The van der Waals surface area contributed by atoms with E-state index in [1.807, 2.05) is 0 Å². The smallest absolute Gasteiger partial charge is 0.269 e. The van der Waals surface area contributed by atoms with Crippen molar-refractivity contribution in [3.63, 3.8) is 0 Å². The van der Waals surface area contributed by atoms with Crippen LogP contribution in [0.5, 0.6) is 0 Å². The van der Waals surface area contributed by atoms with Gasteiger partial charge in [-0.05, 0) is 29.8 Å². The lowest BCUT2D eigenvalue weighted by atomic mass is 10.1. The van der Waals surface area contributed by atoms with Gasteiger partial charge in [0.15, 0.2) is 0 Å². The molecule has 0 aliphatic rings. The summed E-state index contributed by atoms with van der Waals surface area (Å²) in [7, 11) is 1.47. The molecule has 0 aliphatic heterocycles. The predicted molar refractivity (Wildman–Crippen MR) is 91.2 cm³/mol. The maximum absolute atomic E-state index is 13.0. The number of methoxy groups -OCH3 is 1. The Balaban J connectivity index is 1.97. The minimum absolute atomic E-state index is 0.0949. The summed E-state index contributed by atoms with van der Waals surface area (Å²) >= 11 is 6.30. The molecule has 2 aromatic rings. The van der Waals surface area contributed by atoms with Crippen molar-refractivity contribution in [3.05, 3.63) is 75.6 Å². The number of ether oxygens (including phenoxy) is 1. The molecule has 8 heteroatoms. The highest BCUT2D eigenvalue weighted by atomic mass is 35.5. The summed E-state index contributed by atoms with van der Waals surface area (Å²) in [5, 5.41) is 12.7. The molecule has 0 aromatic heterocycles. The van der Waals surface area contributed by atoms with Crippen molar-refractivity contribution in [2.24, 2.45) is 0 Å². The molecule has 0 heterocycles. The van der Waals surface area contributed by atoms with Crippen LogP contribution in [0.2, 0.25) is 0 Å². The third kappa shape index (κ3) is 4.98. The van der Waals surface area contributed by atoms with Crippen molar-refractivity contribution in [1.29, 1.82) is 0 Å². The van der Waals surface area contributed by atoms with E-state index in [2.05, 4.69) is 5.32 Å². The molecular weight excluding hydrogens is 351 g/mol. The Hall–Kier alpha value is -2.51. The van der Waals surface area contributed by atoms with Crippen LogP contribution in [0.4, 0.5) is 10.1 Å². The Bertz CT molecular complexity index is 737. The average molecular weight is 367 g/mol. The van der Waals surface area contributed by atoms with Crippen molar-refractivity contribution >= 4 is 23.2 Å². The van der Waals surface area contributed by atoms with Gasteiger partial charge in [-0.25, -0.2) is 4.39 Å². The van der Waals surface area contributed by atoms with Crippen LogP contribution in [0.3, 0.4) is 0 Å². The molecule has 132 valence electrons. The molecule has 0 saturated heterocycles. The Morgan fingerprint density at radius 3 is 2.36 bits per heavy atom. The van der Waals surface area contributed by atoms with Crippen LogP contribution in [0.1, 0.15) is 22.0 Å². The van der Waals surface area contributed by atoms with Gasteiger partial charge in [0.05, 0.1) is 10.3 Å². The fraction of sp³-hybridized carbons (Fsp3) is 0.235. The van der Waals surface area contributed by atoms with Gasteiger partial charge in [-0.3, -0.25) is 14.9 Å². The molecule has 25 heavy (non-hydrogen) atoms. The Morgan fingerprint density at radius 2 is 1.84 bits per heavy atom. The van der Waals surface area contributed by atoms with Crippen LogP contribution >= 0.6 is 11.6 Å². The predicted octanol–water partition coefficient (Wildman–Crippen LogP) is 3.46. The van der Waals surface area contributed by atoms with Crippen molar-refractivity contribution in [3.8, 4) is 0 Å². The highest BCUT2D eigenvalue weighted by molar-refractivity contribution is 6.21. The number of nitro benzene ring substituents is 1. The first-order valence-corrected chi connectivity index (χ1v) is 7.81. The first-order valence-electron chi connectivity index (χ1n) is 7.37. The standard InChI is InChI=1S/C17H16ClFN2O4/c1-25-16(11-2-6-13(19)7-3-11)15(18)10-20-17(22)12-4-8-14(9-5-12)21(23)24/h2-9,15-16H,10H2,1H3,(H,20,22)/t15-,16-/m1/s1. The van der Waals surface area contributed by atoms with Gasteiger partial charge in [-0.1, -0.05) is 12.1 Å². The molecular formula is C17H16ClFN2O4. The third-order valence-corrected chi connectivity index (χ3v) is 3.96. The zero-order chi connectivity index (χ0) is 18.4. The molecule has 0 bridgehead atoms. The van der Waals surface area contributed by atoms with Gasteiger partial charge >= 0.3 is 0 Å². The van der Waals surface area contributed by atoms with Crippen LogP contribution in [-0.2, 0) is 4.74 Å². The maximum Gasteiger partial charge on any atom is 0.269 e. The maximum atomic E-state index is 13.0. The van der Waals surface area contributed by atoms with E-state index in [-0.39, 0.29) is 23.6 Å². The summed E-state index contributed by atoms with van der Waals surface area (Å²) in [6, 6.07) is 11.0. The summed E-state index contributed by atoms with van der Waals surface area (Å²) < 4.78 is 18.3. The number of halogens is 2. The number of hydrogen-bond acceptors (Lipinski definition) is 4. The SMILES string of the molecule is CO[C@H](c1ccc(F)cc1)[C@H](Cl)CNC(=O)c1ccc([N+](=O)[O-])cc1. The molecule has 0 saturated carbocycles. The van der Waals surface area contributed by atoms with E-state index in [4.69, 9.17) is 16.3 Å². The van der Waals surface area contributed by atoms with Crippen LogP contribution < -0.4 is 5.32 Å². The number of benzene rings is 2. The van der Waals surface area contributed by atoms with Crippen LogP contribution in [0.25, 0.3) is 0 Å². The van der Waals surface area contributed by atoms with Gasteiger partial charge in [0.25, 0.3) is 11.6 Å². The number of hydrogen-bond donors (Lipinski definition) is 1. The summed E-state index contributed by atoms with van der Waals surface area (Å²) in [6.07, 6.45) is -0.528. The second-order valence-electron chi connectivity index (χ2n) is 5.24. The summed E-state index contributed by atoms with van der Waals surface area (Å²) in [5.74, 6) is -0.772. The van der Waals surface area contributed by atoms with Gasteiger partial charge in [0.2, 0.25) is 0 Å². The van der Waals surface area contributed by atoms with Gasteiger partial charge in [0, 0.05) is 31.4 Å². The lowest BCUT2D eigenvalue weighted by molar-refractivity contribution is -0.384. The van der Waals surface area contributed by atoms with Crippen molar-refractivity contribution < 1.29 is 18.8 Å². The van der Waals surface area contributed by atoms with Gasteiger partial charge < -0.3 is 10.1 Å². The van der Waals surface area contributed by atoms with Crippen LogP contribution in [-0.4, -0.2) is 29.9 Å². The first kappa shape index (κ1) is 18.8. The summed E-state index contributed by atoms with van der Waals surface area (Å²) in [4.78, 5) is 22.2. The lowest BCUT2D eigenvalue weighted by Crippen LogP contribution is -2.33. The molecule has 1 amide bonds. The molecule has 2 rings (SSSR count). The Labute approximate surface area is 148 Å². The molecule has 2 aromatic carbocycles. The van der Waals surface area contributed by atoms with E-state index in [1.54, 1.807) is 12.1 Å². The first-order chi connectivity index (χ1) is 11.9. The van der Waals surface area contributed by atoms with Crippen molar-refractivity contribution in [1.82, 2.24) is 5.32 Å². The van der Waals surface area contributed by atoms with Crippen molar-refractivity contribution in [2.45, 2.75) is 11.5 Å². The number of carbonyl (C=O) groups is 1. The summed E-state index contributed by atoms with van der Waals surface area (Å²) in [5.41, 5.74) is 0.876. The molecule has 0 radical (unpaired) electrons. The van der Waals surface area contributed by atoms with Gasteiger partial charge in [0.1, 0.15) is 11.9 Å². The number of rotatable bonds is 7. The monoisotopic (exact) mass is 366 g/mol. The molecule has 6 nitrogen and oxygen atoms in total. The molecule has 0 unspecified atom stereocenters. The zero-order valence-electron chi connectivity index (χ0n) is 13.3.